The first-order valence-corrected chi connectivity index (χ1v) is 12.8. The second-order valence-electron chi connectivity index (χ2n) is 8.77. The molecule has 6 rings (SSSR count). The van der Waals surface area contributed by atoms with Crippen molar-refractivity contribution in [1.29, 1.82) is 0 Å². The van der Waals surface area contributed by atoms with Crippen LogP contribution in [0, 0.1) is 10.1 Å². The van der Waals surface area contributed by atoms with Crippen LogP contribution < -0.4 is 15.0 Å². The van der Waals surface area contributed by atoms with Gasteiger partial charge in [0.2, 0.25) is 5.75 Å². The maximum atomic E-state index is 13.5. The first-order chi connectivity index (χ1) is 18.5. The fraction of sp³-hybridized carbons (Fsp3) is 0.103. The van der Waals surface area contributed by atoms with E-state index in [9.17, 15) is 14.9 Å². The van der Waals surface area contributed by atoms with Gasteiger partial charge in [-0.25, -0.2) is 4.98 Å². The van der Waals surface area contributed by atoms with Gasteiger partial charge < -0.3 is 9.47 Å². The van der Waals surface area contributed by atoms with Crippen LogP contribution in [0.1, 0.15) is 17.8 Å². The summed E-state index contributed by atoms with van der Waals surface area (Å²) in [6.45, 7) is 0.508. The third kappa shape index (κ3) is 4.22. The number of nitrogens with zero attached hydrogens (tertiary/aromatic N) is 3. The van der Waals surface area contributed by atoms with E-state index in [2.05, 4.69) is 0 Å². The van der Waals surface area contributed by atoms with E-state index in [1.54, 1.807) is 48.1 Å². The average Bonchev–Trinajstić information content (AvgIpc) is 3.55. The summed E-state index contributed by atoms with van der Waals surface area (Å²) in [5.74, 6) is 1.86. The van der Waals surface area contributed by atoms with Gasteiger partial charge in [0, 0.05) is 23.6 Å². The molecule has 1 aliphatic rings. The molecule has 1 aliphatic heterocycles. The molecule has 0 atom stereocenters. The number of nitro benzene ring substituents is 1. The molecular formula is C29H21N3O5S. The monoisotopic (exact) mass is 523 g/mol. The molecule has 0 fully saturated rings. The van der Waals surface area contributed by atoms with Crippen molar-refractivity contribution < 1.29 is 14.4 Å². The topological polar surface area (TPSA) is 96.5 Å². The molecule has 0 saturated carbocycles. The summed E-state index contributed by atoms with van der Waals surface area (Å²) in [6, 6.07) is 21.4. The lowest BCUT2D eigenvalue weighted by atomic mass is 10.1. The van der Waals surface area contributed by atoms with Crippen molar-refractivity contribution in [2.75, 3.05) is 7.11 Å². The van der Waals surface area contributed by atoms with Crippen molar-refractivity contribution in [2.24, 2.45) is 0 Å². The highest BCUT2D eigenvalue weighted by atomic mass is 32.1. The zero-order valence-electron chi connectivity index (χ0n) is 20.3. The first kappa shape index (κ1) is 23.6. The smallest absolute Gasteiger partial charge is 0.312 e. The number of hydrogen-bond acceptors (Lipinski definition) is 7. The Morgan fingerprint density at radius 2 is 1.82 bits per heavy atom. The van der Waals surface area contributed by atoms with Crippen molar-refractivity contribution in [2.45, 2.75) is 13.0 Å². The molecule has 0 unspecified atom stereocenters. The number of ether oxygens (including phenoxy) is 2. The second kappa shape index (κ2) is 9.60. The third-order valence-corrected chi connectivity index (χ3v) is 7.35. The zero-order chi connectivity index (χ0) is 26.2. The van der Waals surface area contributed by atoms with Gasteiger partial charge in [-0.3, -0.25) is 19.5 Å². The molecule has 5 aromatic rings. The molecule has 0 saturated heterocycles. The number of nitro groups is 1. The minimum absolute atomic E-state index is 0.0669. The lowest BCUT2D eigenvalue weighted by molar-refractivity contribution is -0.385. The number of thiophene rings is 1. The minimum atomic E-state index is -0.466. The van der Waals surface area contributed by atoms with Gasteiger partial charge in [0.25, 0.3) is 5.56 Å². The summed E-state index contributed by atoms with van der Waals surface area (Å²) in [6.07, 6.45) is 2.46. The lowest BCUT2D eigenvalue weighted by Crippen LogP contribution is -2.20. The molecule has 188 valence electrons. The molecule has 2 aromatic heterocycles. The third-order valence-electron chi connectivity index (χ3n) is 6.48. The molecule has 0 amide bonds. The van der Waals surface area contributed by atoms with Crippen LogP contribution in [-0.2, 0) is 6.54 Å². The number of aromatic nitrogens is 2. The standard InChI is InChI=1S/C29H21N3O5S/c1-36-21-8-10-22(11-9-21)37-25-12-7-18(16-24(25)32(34)35)15-20-13-14-31-27(20)30-28-26(29(31)33)23(17-38-28)19-5-3-2-4-6-19/h2-12,15-17H,13-14H2,1H3. The number of benzene rings is 3. The highest BCUT2D eigenvalue weighted by Gasteiger charge is 2.24. The van der Waals surface area contributed by atoms with E-state index in [4.69, 9.17) is 14.5 Å². The van der Waals surface area contributed by atoms with Crippen molar-refractivity contribution in [1.82, 2.24) is 9.55 Å². The summed E-state index contributed by atoms with van der Waals surface area (Å²) >= 11 is 1.44. The van der Waals surface area contributed by atoms with E-state index in [1.807, 2.05) is 41.8 Å². The van der Waals surface area contributed by atoms with Crippen LogP contribution in [0.15, 0.2) is 83.0 Å². The number of allylic oxidation sites excluding steroid dienone is 1. The molecule has 3 aromatic carbocycles. The van der Waals surface area contributed by atoms with Crippen molar-refractivity contribution in [3.63, 3.8) is 0 Å². The zero-order valence-corrected chi connectivity index (χ0v) is 21.1. The van der Waals surface area contributed by atoms with Gasteiger partial charge in [0.15, 0.2) is 0 Å². The molecule has 0 radical (unpaired) electrons. The largest absolute Gasteiger partial charge is 0.497 e. The number of fused-ring (bicyclic) bond motifs is 2. The van der Waals surface area contributed by atoms with Gasteiger partial charge in [-0.15, -0.1) is 11.3 Å². The lowest BCUT2D eigenvalue weighted by Gasteiger charge is -2.08. The van der Waals surface area contributed by atoms with E-state index in [0.717, 1.165) is 16.7 Å². The molecule has 38 heavy (non-hydrogen) atoms. The van der Waals surface area contributed by atoms with E-state index in [-0.39, 0.29) is 17.0 Å². The molecule has 0 aliphatic carbocycles. The van der Waals surface area contributed by atoms with E-state index in [0.29, 0.717) is 46.1 Å². The number of rotatable bonds is 6. The van der Waals surface area contributed by atoms with E-state index >= 15 is 0 Å². The predicted molar refractivity (Wildman–Crippen MR) is 148 cm³/mol. The Kier molecular flexibility index (Phi) is 5.97. The Morgan fingerprint density at radius 1 is 1.05 bits per heavy atom. The fourth-order valence-corrected chi connectivity index (χ4v) is 5.55. The molecule has 0 bridgehead atoms. The van der Waals surface area contributed by atoms with E-state index in [1.165, 1.54) is 17.4 Å². The highest BCUT2D eigenvalue weighted by Crippen LogP contribution is 2.36. The molecule has 3 heterocycles. The summed E-state index contributed by atoms with van der Waals surface area (Å²) < 4.78 is 12.6. The van der Waals surface area contributed by atoms with Crippen LogP contribution in [0.4, 0.5) is 5.69 Å². The van der Waals surface area contributed by atoms with Crippen molar-refractivity contribution in [3.05, 3.63) is 110 Å². The maximum Gasteiger partial charge on any atom is 0.312 e. The molecule has 0 N–H and O–H groups in total. The Bertz CT molecular complexity index is 1770. The van der Waals surface area contributed by atoms with Gasteiger partial charge in [-0.05, 0) is 59.5 Å². The Hall–Kier alpha value is -4.76. The average molecular weight is 524 g/mol. The van der Waals surface area contributed by atoms with Crippen molar-refractivity contribution >= 4 is 38.9 Å². The summed E-state index contributed by atoms with van der Waals surface area (Å²) in [5, 5.41) is 14.4. The number of methoxy groups -OCH3 is 1. The molecule has 0 spiro atoms. The fourth-order valence-electron chi connectivity index (χ4n) is 4.61. The maximum absolute atomic E-state index is 13.5. The normalized spacial score (nSPS) is 13.6. The quantitative estimate of drug-likeness (QED) is 0.180. The van der Waals surface area contributed by atoms with Crippen LogP contribution in [0.3, 0.4) is 0 Å². The Balaban J connectivity index is 1.35. The van der Waals surface area contributed by atoms with Crippen LogP contribution in [0.2, 0.25) is 0 Å². The number of hydrogen-bond donors (Lipinski definition) is 0. The second-order valence-corrected chi connectivity index (χ2v) is 9.63. The minimum Gasteiger partial charge on any atom is -0.497 e. The van der Waals surface area contributed by atoms with E-state index < -0.39 is 4.92 Å². The Morgan fingerprint density at radius 3 is 2.55 bits per heavy atom. The molecular weight excluding hydrogens is 502 g/mol. The SMILES string of the molecule is COc1ccc(Oc2ccc(C=C3CCn4c3nc3scc(-c5ccccc5)c3c4=O)cc2[N+](=O)[O-])cc1. The molecule has 9 heteroatoms. The van der Waals surface area contributed by atoms with Crippen LogP contribution >= 0.6 is 11.3 Å². The van der Waals surface area contributed by atoms with Crippen LogP contribution in [-0.4, -0.2) is 21.6 Å². The van der Waals surface area contributed by atoms with Gasteiger partial charge in [0.1, 0.15) is 22.2 Å². The highest BCUT2D eigenvalue weighted by molar-refractivity contribution is 7.17. The van der Waals surface area contributed by atoms with Gasteiger partial charge in [0.05, 0.1) is 17.4 Å². The summed E-state index contributed by atoms with van der Waals surface area (Å²) in [5.41, 5.74) is 3.14. The van der Waals surface area contributed by atoms with Gasteiger partial charge >= 0.3 is 5.69 Å². The van der Waals surface area contributed by atoms with Gasteiger partial charge in [-0.2, -0.15) is 0 Å². The first-order valence-electron chi connectivity index (χ1n) is 11.9. The van der Waals surface area contributed by atoms with Gasteiger partial charge in [-0.1, -0.05) is 36.4 Å². The summed E-state index contributed by atoms with van der Waals surface area (Å²) in [7, 11) is 1.56. The van der Waals surface area contributed by atoms with Crippen molar-refractivity contribution in [3.8, 4) is 28.4 Å². The van der Waals surface area contributed by atoms with Crippen LogP contribution in [0.5, 0.6) is 17.2 Å². The van der Waals surface area contributed by atoms with Crippen LogP contribution in [0.25, 0.3) is 33.0 Å². The summed E-state index contributed by atoms with van der Waals surface area (Å²) in [4.78, 5) is 30.3. The predicted octanol–water partition coefficient (Wildman–Crippen LogP) is 6.78. The Labute approximate surface area is 221 Å². The molecule has 8 nitrogen and oxygen atoms in total.